The van der Waals surface area contributed by atoms with Gasteiger partial charge in [0.2, 0.25) is 0 Å². The second-order valence-electron chi connectivity index (χ2n) is 5.12. The molecule has 15 heavy (non-hydrogen) atoms. The molecule has 88 valence electrons. The predicted molar refractivity (Wildman–Crippen MR) is 68.4 cm³/mol. The van der Waals surface area contributed by atoms with Gasteiger partial charge in [-0.2, -0.15) is 11.8 Å². The van der Waals surface area contributed by atoms with Gasteiger partial charge >= 0.3 is 0 Å². The molecular weight excluding hydrogens is 204 g/mol. The van der Waals surface area contributed by atoms with Gasteiger partial charge in [-0.15, -0.1) is 0 Å². The number of hydrogen-bond donors (Lipinski definition) is 1. The molecule has 3 heteroatoms. The summed E-state index contributed by atoms with van der Waals surface area (Å²) >= 11 is 2.10. The third-order valence-electron chi connectivity index (χ3n) is 4.09. The minimum Gasteiger partial charge on any atom is -0.329 e. The molecule has 2 rings (SSSR count). The molecule has 0 aromatic rings. The first-order chi connectivity index (χ1) is 7.28. The number of likely N-dealkylation sites (tertiary alicyclic amines) is 1. The van der Waals surface area contributed by atoms with Gasteiger partial charge in [-0.25, -0.2) is 0 Å². The van der Waals surface area contributed by atoms with E-state index in [1.54, 1.807) is 0 Å². The molecule has 0 amide bonds. The molecule has 2 aliphatic heterocycles. The number of rotatable bonds is 2. The summed E-state index contributed by atoms with van der Waals surface area (Å²) in [6, 6.07) is 0.751. The molecule has 0 saturated carbocycles. The summed E-state index contributed by atoms with van der Waals surface area (Å²) in [5, 5.41) is 0. The highest BCUT2D eigenvalue weighted by Crippen LogP contribution is 2.35. The van der Waals surface area contributed by atoms with Crippen LogP contribution in [0.25, 0.3) is 0 Å². The van der Waals surface area contributed by atoms with Gasteiger partial charge < -0.3 is 5.73 Å². The van der Waals surface area contributed by atoms with Crippen molar-refractivity contribution in [3.05, 3.63) is 0 Å². The topological polar surface area (TPSA) is 29.3 Å². The van der Waals surface area contributed by atoms with E-state index in [4.69, 9.17) is 5.73 Å². The van der Waals surface area contributed by atoms with Crippen molar-refractivity contribution >= 4 is 11.8 Å². The van der Waals surface area contributed by atoms with Gasteiger partial charge in [-0.1, -0.05) is 6.42 Å². The Bertz CT molecular complexity index is 202. The molecule has 2 unspecified atom stereocenters. The number of thioether (sulfide) groups is 1. The molecule has 0 radical (unpaired) electrons. The van der Waals surface area contributed by atoms with Crippen LogP contribution in [0.5, 0.6) is 0 Å². The Morgan fingerprint density at radius 3 is 2.87 bits per heavy atom. The van der Waals surface area contributed by atoms with E-state index in [0.717, 1.165) is 12.6 Å². The summed E-state index contributed by atoms with van der Waals surface area (Å²) < 4.78 is 0. The lowest BCUT2D eigenvalue weighted by Gasteiger charge is -2.50. The van der Waals surface area contributed by atoms with Crippen LogP contribution in [-0.4, -0.2) is 41.1 Å². The maximum Gasteiger partial charge on any atom is 0.0425 e. The number of nitrogens with two attached hydrogens (primary N) is 1. The lowest BCUT2D eigenvalue weighted by atomic mass is 9.88. The standard InChI is InChI=1S/C12H24N2S/c1-11-5-2-3-7-14(11)12(9-13)6-4-8-15-10-12/h11H,2-10,13H2,1H3. The van der Waals surface area contributed by atoms with Crippen LogP contribution in [0.2, 0.25) is 0 Å². The van der Waals surface area contributed by atoms with Gasteiger partial charge in [0.05, 0.1) is 0 Å². The smallest absolute Gasteiger partial charge is 0.0425 e. The van der Waals surface area contributed by atoms with Crippen molar-refractivity contribution < 1.29 is 0 Å². The monoisotopic (exact) mass is 228 g/mol. The van der Waals surface area contributed by atoms with Gasteiger partial charge in [0.1, 0.15) is 0 Å². The predicted octanol–water partition coefficient (Wildman–Crippen LogP) is 2.09. The minimum absolute atomic E-state index is 0.336. The quantitative estimate of drug-likeness (QED) is 0.785. The summed E-state index contributed by atoms with van der Waals surface area (Å²) in [6.07, 6.45) is 6.82. The second-order valence-corrected chi connectivity index (χ2v) is 6.23. The Morgan fingerprint density at radius 1 is 1.40 bits per heavy atom. The minimum atomic E-state index is 0.336. The zero-order chi connectivity index (χ0) is 10.7. The van der Waals surface area contributed by atoms with E-state index in [2.05, 4.69) is 23.6 Å². The summed E-state index contributed by atoms with van der Waals surface area (Å²) in [4.78, 5) is 2.72. The van der Waals surface area contributed by atoms with E-state index in [1.165, 1.54) is 50.2 Å². The van der Waals surface area contributed by atoms with Crippen LogP contribution < -0.4 is 5.73 Å². The van der Waals surface area contributed by atoms with Crippen LogP contribution in [0, 0.1) is 0 Å². The fraction of sp³-hybridized carbons (Fsp3) is 1.00. The van der Waals surface area contributed by atoms with Crippen LogP contribution in [-0.2, 0) is 0 Å². The number of nitrogens with zero attached hydrogens (tertiary/aromatic N) is 1. The van der Waals surface area contributed by atoms with Gasteiger partial charge in [0.15, 0.2) is 0 Å². The van der Waals surface area contributed by atoms with Crippen LogP contribution in [0.4, 0.5) is 0 Å². The van der Waals surface area contributed by atoms with E-state index in [0.29, 0.717) is 5.54 Å². The highest BCUT2D eigenvalue weighted by Gasteiger charge is 2.40. The molecule has 0 aromatic heterocycles. The first-order valence-electron chi connectivity index (χ1n) is 6.33. The van der Waals surface area contributed by atoms with Crippen molar-refractivity contribution in [2.45, 2.75) is 50.6 Å². The van der Waals surface area contributed by atoms with Gasteiger partial charge in [0.25, 0.3) is 0 Å². The van der Waals surface area contributed by atoms with E-state index in [-0.39, 0.29) is 0 Å². The maximum absolute atomic E-state index is 6.08. The van der Waals surface area contributed by atoms with E-state index >= 15 is 0 Å². The SMILES string of the molecule is CC1CCCCN1C1(CN)CCCSC1. The molecule has 2 heterocycles. The fourth-order valence-corrected chi connectivity index (χ4v) is 4.45. The summed E-state index contributed by atoms with van der Waals surface area (Å²) in [5.41, 5.74) is 6.41. The van der Waals surface area contributed by atoms with Gasteiger partial charge in [-0.05, 0) is 44.9 Å². The Labute approximate surface area is 98.0 Å². The lowest BCUT2D eigenvalue weighted by molar-refractivity contribution is 0.0370. The largest absolute Gasteiger partial charge is 0.329 e. The molecule has 0 bridgehead atoms. The van der Waals surface area contributed by atoms with Crippen LogP contribution in [0.3, 0.4) is 0 Å². The molecule has 2 aliphatic rings. The van der Waals surface area contributed by atoms with Crippen molar-refractivity contribution in [1.29, 1.82) is 0 Å². The zero-order valence-corrected chi connectivity index (χ0v) is 10.7. The Morgan fingerprint density at radius 2 is 2.27 bits per heavy atom. The lowest BCUT2D eigenvalue weighted by Crippen LogP contribution is -2.61. The Balaban J connectivity index is 2.08. The normalized spacial score (nSPS) is 39.2. The molecule has 0 aliphatic carbocycles. The highest BCUT2D eigenvalue weighted by molar-refractivity contribution is 7.99. The molecule has 2 fully saturated rings. The first kappa shape index (κ1) is 11.7. The van der Waals surface area contributed by atoms with E-state index in [9.17, 15) is 0 Å². The van der Waals surface area contributed by atoms with Crippen molar-refractivity contribution in [3.8, 4) is 0 Å². The first-order valence-corrected chi connectivity index (χ1v) is 7.48. The van der Waals surface area contributed by atoms with Crippen LogP contribution in [0.15, 0.2) is 0 Å². The third kappa shape index (κ3) is 2.34. The Hall–Kier alpha value is 0.270. The van der Waals surface area contributed by atoms with Crippen molar-refractivity contribution in [2.75, 3.05) is 24.6 Å². The van der Waals surface area contributed by atoms with Crippen molar-refractivity contribution in [3.63, 3.8) is 0 Å². The molecule has 2 N–H and O–H groups in total. The van der Waals surface area contributed by atoms with Gasteiger partial charge in [0, 0.05) is 23.9 Å². The summed E-state index contributed by atoms with van der Waals surface area (Å²) in [5.74, 6) is 2.60. The third-order valence-corrected chi connectivity index (χ3v) is 5.41. The molecule has 2 nitrogen and oxygen atoms in total. The Kier molecular flexibility index (Phi) is 3.97. The summed E-state index contributed by atoms with van der Waals surface area (Å²) in [7, 11) is 0. The summed E-state index contributed by atoms with van der Waals surface area (Å²) in [6.45, 7) is 4.51. The van der Waals surface area contributed by atoms with Crippen LogP contribution in [0.1, 0.15) is 39.0 Å². The second kappa shape index (κ2) is 5.07. The molecule has 0 spiro atoms. The van der Waals surface area contributed by atoms with Crippen LogP contribution >= 0.6 is 11.8 Å². The fourth-order valence-electron chi connectivity index (χ4n) is 3.15. The molecule has 2 atom stereocenters. The molecule has 0 aromatic carbocycles. The van der Waals surface area contributed by atoms with E-state index < -0.39 is 0 Å². The molecular formula is C12H24N2S. The average Bonchev–Trinajstić information content (AvgIpc) is 2.30. The maximum atomic E-state index is 6.08. The number of piperidine rings is 1. The zero-order valence-electron chi connectivity index (χ0n) is 9.87. The van der Waals surface area contributed by atoms with Crippen molar-refractivity contribution in [1.82, 2.24) is 4.90 Å². The number of hydrogen-bond acceptors (Lipinski definition) is 3. The van der Waals surface area contributed by atoms with Crippen molar-refractivity contribution in [2.24, 2.45) is 5.73 Å². The van der Waals surface area contributed by atoms with Gasteiger partial charge in [-0.3, -0.25) is 4.90 Å². The van der Waals surface area contributed by atoms with E-state index in [1.807, 2.05) is 0 Å². The highest BCUT2D eigenvalue weighted by atomic mass is 32.2. The molecule has 2 saturated heterocycles. The average molecular weight is 228 g/mol.